The molecule has 3 amide bonds. The van der Waals surface area contributed by atoms with Crippen molar-refractivity contribution in [3.63, 3.8) is 0 Å². The molecule has 0 heterocycles. The molecule has 0 radical (unpaired) electrons. The number of ether oxygens (including phenoxy) is 1. The number of anilines is 1. The van der Waals surface area contributed by atoms with E-state index in [1.807, 2.05) is 12.1 Å². The fourth-order valence-electron chi connectivity index (χ4n) is 2.55. The number of carbonyl (C=O) groups excluding carboxylic acids is 3. The second-order valence-corrected chi connectivity index (χ2v) is 7.25. The molecule has 0 bridgehead atoms. The Morgan fingerprint density at radius 1 is 1.00 bits per heavy atom. The molecule has 2 aromatic rings. The van der Waals surface area contributed by atoms with E-state index in [1.54, 1.807) is 49.6 Å². The average Bonchev–Trinajstić information content (AvgIpc) is 3.62. The van der Waals surface area contributed by atoms with Crippen molar-refractivity contribution in [2.45, 2.75) is 12.8 Å². The van der Waals surface area contributed by atoms with Crippen LogP contribution in [0.3, 0.4) is 0 Å². The lowest BCUT2D eigenvalue weighted by molar-refractivity contribution is -0.117. The van der Waals surface area contributed by atoms with Crippen molar-refractivity contribution < 1.29 is 19.1 Å². The summed E-state index contributed by atoms with van der Waals surface area (Å²) < 4.78 is 5.08. The van der Waals surface area contributed by atoms with Crippen LogP contribution in [-0.4, -0.2) is 29.9 Å². The number of nitrogens with one attached hydrogen (secondary N) is 4. The summed E-state index contributed by atoms with van der Waals surface area (Å²) in [5, 5.41) is 5.19. The van der Waals surface area contributed by atoms with Crippen molar-refractivity contribution in [2.75, 3.05) is 12.4 Å². The molecule has 0 unspecified atom stereocenters. The zero-order chi connectivity index (χ0) is 22.2. The maximum absolute atomic E-state index is 12.2. The summed E-state index contributed by atoms with van der Waals surface area (Å²) in [6.45, 7) is 0. The number of hydrogen-bond donors (Lipinski definition) is 4. The molecule has 4 N–H and O–H groups in total. The molecule has 1 aliphatic carbocycles. The highest BCUT2D eigenvalue weighted by Crippen LogP contribution is 2.30. The van der Waals surface area contributed by atoms with E-state index in [0.717, 1.165) is 24.2 Å². The van der Waals surface area contributed by atoms with Gasteiger partial charge in [-0.25, -0.2) is 0 Å². The van der Waals surface area contributed by atoms with Crippen LogP contribution in [0.5, 0.6) is 5.75 Å². The number of rotatable bonds is 6. The quantitative estimate of drug-likeness (QED) is 0.313. The third kappa shape index (κ3) is 6.93. The first-order valence-electron chi connectivity index (χ1n) is 9.59. The number of methoxy groups -OCH3 is 1. The number of carbonyl (C=O) groups is 3. The maximum Gasteiger partial charge on any atom is 0.269 e. The van der Waals surface area contributed by atoms with Gasteiger partial charge in [-0.1, -0.05) is 12.1 Å². The van der Waals surface area contributed by atoms with Crippen LogP contribution in [0.15, 0.2) is 54.6 Å². The molecule has 31 heavy (non-hydrogen) atoms. The topological polar surface area (TPSA) is 109 Å². The molecule has 0 saturated heterocycles. The normalized spacial score (nSPS) is 12.7. The Labute approximate surface area is 185 Å². The van der Waals surface area contributed by atoms with Gasteiger partial charge in [0.2, 0.25) is 11.8 Å². The first kappa shape index (κ1) is 22.0. The minimum Gasteiger partial charge on any atom is -0.497 e. The van der Waals surface area contributed by atoms with Crippen LogP contribution in [0.4, 0.5) is 5.69 Å². The van der Waals surface area contributed by atoms with Crippen LogP contribution in [0.1, 0.15) is 28.8 Å². The van der Waals surface area contributed by atoms with Gasteiger partial charge in [0.1, 0.15) is 5.75 Å². The molecule has 3 rings (SSSR count). The van der Waals surface area contributed by atoms with Crippen LogP contribution in [-0.2, 0) is 9.59 Å². The van der Waals surface area contributed by atoms with Crippen LogP contribution in [0.25, 0.3) is 6.08 Å². The Hall–Kier alpha value is -3.72. The Balaban J connectivity index is 1.41. The lowest BCUT2D eigenvalue weighted by Crippen LogP contribution is -2.48. The highest BCUT2D eigenvalue weighted by molar-refractivity contribution is 7.80. The van der Waals surface area contributed by atoms with Gasteiger partial charge in [-0.15, -0.1) is 0 Å². The van der Waals surface area contributed by atoms with E-state index in [9.17, 15) is 14.4 Å². The highest BCUT2D eigenvalue weighted by atomic mass is 32.1. The number of amides is 3. The average molecular weight is 439 g/mol. The van der Waals surface area contributed by atoms with E-state index in [1.165, 1.54) is 6.08 Å². The van der Waals surface area contributed by atoms with Crippen LogP contribution < -0.4 is 26.2 Å². The fourth-order valence-corrected chi connectivity index (χ4v) is 2.70. The number of benzene rings is 2. The van der Waals surface area contributed by atoms with E-state index < -0.39 is 11.8 Å². The summed E-state index contributed by atoms with van der Waals surface area (Å²) in [6, 6.07) is 13.7. The third-order valence-electron chi connectivity index (χ3n) is 4.43. The van der Waals surface area contributed by atoms with Crippen molar-refractivity contribution in [1.29, 1.82) is 0 Å². The van der Waals surface area contributed by atoms with Gasteiger partial charge in [-0.3, -0.25) is 30.6 Å². The van der Waals surface area contributed by atoms with Crippen molar-refractivity contribution in [2.24, 2.45) is 5.92 Å². The first-order chi connectivity index (χ1) is 14.9. The van der Waals surface area contributed by atoms with E-state index in [0.29, 0.717) is 11.3 Å². The number of hydrazine groups is 1. The Bertz CT molecular complexity index is 999. The molecule has 9 heteroatoms. The highest BCUT2D eigenvalue weighted by Gasteiger charge is 2.29. The van der Waals surface area contributed by atoms with Crippen molar-refractivity contribution in [3.05, 3.63) is 65.7 Å². The van der Waals surface area contributed by atoms with Gasteiger partial charge in [0, 0.05) is 23.2 Å². The van der Waals surface area contributed by atoms with E-state index in [2.05, 4.69) is 21.5 Å². The summed E-state index contributed by atoms with van der Waals surface area (Å²) in [4.78, 5) is 35.9. The van der Waals surface area contributed by atoms with Crippen molar-refractivity contribution in [3.8, 4) is 5.75 Å². The summed E-state index contributed by atoms with van der Waals surface area (Å²) >= 11 is 5.01. The first-order valence-corrected chi connectivity index (χ1v) is 10.00. The summed E-state index contributed by atoms with van der Waals surface area (Å²) in [5.74, 6) is -0.0559. The van der Waals surface area contributed by atoms with Crippen molar-refractivity contribution in [1.82, 2.24) is 16.2 Å². The molecule has 0 spiro atoms. The lowest BCUT2D eigenvalue weighted by Gasteiger charge is -2.10. The van der Waals surface area contributed by atoms with Gasteiger partial charge in [-0.05, 0) is 73.1 Å². The number of thiocarbonyl (C=S) groups is 1. The van der Waals surface area contributed by atoms with Gasteiger partial charge in [0.25, 0.3) is 5.91 Å². The van der Waals surface area contributed by atoms with Gasteiger partial charge in [0.15, 0.2) is 5.11 Å². The molecular formula is C22H22N4O4S. The molecule has 160 valence electrons. The Morgan fingerprint density at radius 3 is 2.29 bits per heavy atom. The zero-order valence-corrected chi connectivity index (χ0v) is 17.6. The molecule has 1 fully saturated rings. The molecule has 1 saturated carbocycles. The molecule has 2 aromatic carbocycles. The second kappa shape index (κ2) is 10.4. The largest absolute Gasteiger partial charge is 0.497 e. The molecule has 0 aliphatic heterocycles. The Kier molecular flexibility index (Phi) is 7.34. The van der Waals surface area contributed by atoms with E-state index in [-0.39, 0.29) is 16.9 Å². The smallest absolute Gasteiger partial charge is 0.269 e. The predicted octanol–water partition coefficient (Wildman–Crippen LogP) is 2.39. The van der Waals surface area contributed by atoms with E-state index in [4.69, 9.17) is 17.0 Å². The maximum atomic E-state index is 12.2. The van der Waals surface area contributed by atoms with Crippen LogP contribution in [0.2, 0.25) is 0 Å². The summed E-state index contributed by atoms with van der Waals surface area (Å²) in [7, 11) is 1.58. The minimum atomic E-state index is -0.446. The summed E-state index contributed by atoms with van der Waals surface area (Å²) in [6.07, 6.45) is 4.79. The Morgan fingerprint density at radius 2 is 1.68 bits per heavy atom. The minimum absolute atomic E-state index is 0.000925. The molecular weight excluding hydrogens is 416 g/mol. The standard InChI is InChI=1S/C22H22N4O4S/c1-30-18-11-2-14(3-12-18)4-13-19(27)24-22(31)26-25-21(29)16-7-9-17(10-8-16)23-20(28)15-5-6-15/h2-4,7-13,15H,5-6H2,1H3,(H,23,28)(H,25,29)(H2,24,26,27,31)/b13-4+. The van der Waals surface area contributed by atoms with Gasteiger partial charge < -0.3 is 10.1 Å². The van der Waals surface area contributed by atoms with Gasteiger partial charge in [-0.2, -0.15) is 0 Å². The van der Waals surface area contributed by atoms with Crippen LogP contribution in [0, 0.1) is 5.92 Å². The second-order valence-electron chi connectivity index (χ2n) is 6.84. The summed E-state index contributed by atoms with van der Waals surface area (Å²) in [5.41, 5.74) is 6.70. The van der Waals surface area contributed by atoms with Crippen LogP contribution >= 0.6 is 12.2 Å². The third-order valence-corrected chi connectivity index (χ3v) is 4.64. The zero-order valence-electron chi connectivity index (χ0n) is 16.8. The lowest BCUT2D eigenvalue weighted by atomic mass is 10.2. The molecule has 1 aliphatic rings. The SMILES string of the molecule is COc1ccc(/C=C/C(=O)NC(=S)NNC(=O)c2ccc(NC(=O)C3CC3)cc2)cc1. The molecule has 0 aromatic heterocycles. The molecule has 8 nitrogen and oxygen atoms in total. The van der Waals surface area contributed by atoms with E-state index >= 15 is 0 Å². The number of hydrogen-bond acceptors (Lipinski definition) is 5. The van der Waals surface area contributed by atoms with Gasteiger partial charge in [0.05, 0.1) is 7.11 Å². The van der Waals surface area contributed by atoms with Gasteiger partial charge >= 0.3 is 0 Å². The molecule has 0 atom stereocenters. The predicted molar refractivity (Wildman–Crippen MR) is 121 cm³/mol. The van der Waals surface area contributed by atoms with Crippen molar-refractivity contribution >= 4 is 46.8 Å². The monoisotopic (exact) mass is 438 g/mol. The fraction of sp³-hybridized carbons (Fsp3) is 0.182.